The van der Waals surface area contributed by atoms with Crippen molar-refractivity contribution in [1.82, 2.24) is 5.32 Å². The number of hydrogen-bond donors (Lipinski definition) is 2. The Morgan fingerprint density at radius 1 is 0.821 bits per heavy atom. The van der Waals surface area contributed by atoms with Crippen molar-refractivity contribution in [2.45, 2.75) is 6.92 Å². The third-order valence-corrected chi connectivity index (χ3v) is 4.03. The van der Waals surface area contributed by atoms with Gasteiger partial charge in [0, 0.05) is 23.7 Å². The second-order valence-corrected chi connectivity index (χ2v) is 6.19. The molecule has 0 radical (unpaired) electrons. The zero-order valence-electron chi connectivity index (χ0n) is 15.5. The molecule has 3 rings (SSSR count). The van der Waals surface area contributed by atoms with Crippen LogP contribution in [0.15, 0.2) is 78.9 Å². The Bertz CT molecular complexity index is 1010. The topological polar surface area (TPSA) is 58.2 Å². The van der Waals surface area contributed by atoms with Crippen molar-refractivity contribution < 1.29 is 9.59 Å². The fraction of sp³-hybridized carbons (Fsp3) is 0.0833. The smallest absolute Gasteiger partial charge is 0.252 e. The number of nitrogens with one attached hydrogen (secondary N) is 2. The molecule has 0 fully saturated rings. The van der Waals surface area contributed by atoms with Crippen molar-refractivity contribution >= 4 is 17.5 Å². The van der Waals surface area contributed by atoms with Gasteiger partial charge in [0.2, 0.25) is 5.91 Å². The van der Waals surface area contributed by atoms with E-state index in [0.29, 0.717) is 5.56 Å². The zero-order valence-corrected chi connectivity index (χ0v) is 15.5. The summed E-state index contributed by atoms with van der Waals surface area (Å²) >= 11 is 0. The van der Waals surface area contributed by atoms with E-state index in [9.17, 15) is 9.59 Å². The SMILES string of the molecule is CC(=O)Nc1ccc(C#CCNC(=O)c2ccc(-c3ccccc3)cc2)cc1. The van der Waals surface area contributed by atoms with Gasteiger partial charge in [-0.1, -0.05) is 54.3 Å². The Hall–Kier alpha value is -3.84. The average molecular weight is 368 g/mol. The van der Waals surface area contributed by atoms with E-state index in [2.05, 4.69) is 22.5 Å². The maximum Gasteiger partial charge on any atom is 0.252 e. The van der Waals surface area contributed by atoms with Gasteiger partial charge in [0.05, 0.1) is 6.54 Å². The monoisotopic (exact) mass is 368 g/mol. The summed E-state index contributed by atoms with van der Waals surface area (Å²) in [6, 6.07) is 24.7. The van der Waals surface area contributed by atoms with Crippen LogP contribution >= 0.6 is 0 Å². The largest absolute Gasteiger partial charge is 0.341 e. The molecule has 0 aromatic heterocycles. The zero-order chi connectivity index (χ0) is 19.8. The van der Waals surface area contributed by atoms with Crippen LogP contribution in [0.5, 0.6) is 0 Å². The second-order valence-electron chi connectivity index (χ2n) is 6.19. The summed E-state index contributed by atoms with van der Waals surface area (Å²) in [6.45, 7) is 1.72. The van der Waals surface area contributed by atoms with Crippen molar-refractivity contribution in [3.8, 4) is 23.0 Å². The van der Waals surface area contributed by atoms with Gasteiger partial charge in [-0.15, -0.1) is 0 Å². The van der Waals surface area contributed by atoms with E-state index in [0.717, 1.165) is 22.4 Å². The summed E-state index contributed by atoms with van der Waals surface area (Å²) in [4.78, 5) is 23.2. The fourth-order valence-corrected chi connectivity index (χ4v) is 2.66. The van der Waals surface area contributed by atoms with Crippen LogP contribution < -0.4 is 10.6 Å². The standard InChI is InChI=1S/C24H20N2O2/c1-18(27)26-23-15-9-19(10-16-23)6-5-17-25-24(28)22-13-11-21(12-14-22)20-7-3-2-4-8-20/h2-4,7-16H,17H2,1H3,(H,25,28)(H,26,27). The number of rotatable bonds is 4. The molecular weight excluding hydrogens is 348 g/mol. The Kier molecular flexibility index (Phi) is 6.22. The Balaban J connectivity index is 1.53. The van der Waals surface area contributed by atoms with Crippen molar-refractivity contribution in [3.05, 3.63) is 90.0 Å². The summed E-state index contributed by atoms with van der Waals surface area (Å²) < 4.78 is 0. The minimum absolute atomic E-state index is 0.113. The molecule has 0 spiro atoms. The number of amides is 2. The van der Waals surface area contributed by atoms with Gasteiger partial charge in [-0.3, -0.25) is 9.59 Å². The fourth-order valence-electron chi connectivity index (χ4n) is 2.66. The minimum atomic E-state index is -0.157. The maximum absolute atomic E-state index is 12.2. The van der Waals surface area contributed by atoms with Crippen LogP contribution in [0.3, 0.4) is 0 Å². The molecule has 0 aliphatic rings. The molecule has 0 saturated carbocycles. The predicted molar refractivity (Wildman–Crippen MR) is 112 cm³/mol. The molecule has 0 saturated heterocycles. The number of anilines is 1. The molecule has 0 bridgehead atoms. The molecule has 0 aliphatic heterocycles. The van der Waals surface area contributed by atoms with Crippen LogP contribution in [0.25, 0.3) is 11.1 Å². The minimum Gasteiger partial charge on any atom is -0.341 e. The van der Waals surface area contributed by atoms with Gasteiger partial charge in [0.15, 0.2) is 0 Å². The lowest BCUT2D eigenvalue weighted by Crippen LogP contribution is -2.23. The molecule has 2 N–H and O–H groups in total. The van der Waals surface area contributed by atoms with E-state index < -0.39 is 0 Å². The summed E-state index contributed by atoms with van der Waals surface area (Å²) in [5.74, 6) is 5.65. The summed E-state index contributed by atoms with van der Waals surface area (Å²) in [5, 5.41) is 5.50. The number of carbonyl (C=O) groups is 2. The van der Waals surface area contributed by atoms with Crippen LogP contribution in [0.4, 0.5) is 5.69 Å². The third kappa shape index (κ3) is 5.33. The lowest BCUT2D eigenvalue weighted by molar-refractivity contribution is -0.114. The van der Waals surface area contributed by atoms with Gasteiger partial charge in [0.1, 0.15) is 0 Å². The van der Waals surface area contributed by atoms with E-state index in [4.69, 9.17) is 0 Å². The van der Waals surface area contributed by atoms with Gasteiger partial charge in [0.25, 0.3) is 5.91 Å². The van der Waals surface area contributed by atoms with E-state index in [-0.39, 0.29) is 18.4 Å². The number of hydrogen-bond acceptors (Lipinski definition) is 2. The molecule has 0 aliphatic carbocycles. The van der Waals surface area contributed by atoms with Crippen LogP contribution in [-0.2, 0) is 4.79 Å². The van der Waals surface area contributed by atoms with E-state index in [1.54, 1.807) is 12.1 Å². The molecule has 3 aromatic rings. The average Bonchev–Trinajstić information content (AvgIpc) is 2.72. The van der Waals surface area contributed by atoms with Gasteiger partial charge in [-0.2, -0.15) is 0 Å². The van der Waals surface area contributed by atoms with E-state index >= 15 is 0 Å². The summed E-state index contributed by atoms with van der Waals surface area (Å²) in [6.07, 6.45) is 0. The first-order chi connectivity index (χ1) is 13.6. The first-order valence-electron chi connectivity index (χ1n) is 8.92. The number of carbonyl (C=O) groups excluding carboxylic acids is 2. The van der Waals surface area contributed by atoms with Gasteiger partial charge < -0.3 is 10.6 Å². The van der Waals surface area contributed by atoms with Crippen molar-refractivity contribution in [1.29, 1.82) is 0 Å². The molecule has 3 aromatic carbocycles. The quantitative estimate of drug-likeness (QED) is 0.682. The maximum atomic E-state index is 12.2. The lowest BCUT2D eigenvalue weighted by atomic mass is 10.0. The Morgan fingerprint density at radius 3 is 2.11 bits per heavy atom. The molecule has 0 unspecified atom stereocenters. The van der Waals surface area contributed by atoms with Crippen LogP contribution in [0.2, 0.25) is 0 Å². The molecular formula is C24H20N2O2. The highest BCUT2D eigenvalue weighted by atomic mass is 16.2. The third-order valence-electron chi connectivity index (χ3n) is 4.03. The predicted octanol–water partition coefficient (Wildman–Crippen LogP) is 4.09. The highest BCUT2D eigenvalue weighted by molar-refractivity contribution is 5.94. The van der Waals surface area contributed by atoms with Crippen molar-refractivity contribution in [3.63, 3.8) is 0 Å². The van der Waals surface area contributed by atoms with Gasteiger partial charge >= 0.3 is 0 Å². The number of benzene rings is 3. The molecule has 2 amide bonds. The van der Waals surface area contributed by atoms with Crippen molar-refractivity contribution in [2.75, 3.05) is 11.9 Å². The molecule has 138 valence electrons. The highest BCUT2D eigenvalue weighted by Crippen LogP contribution is 2.19. The lowest BCUT2D eigenvalue weighted by Gasteiger charge is -2.04. The van der Waals surface area contributed by atoms with Crippen LogP contribution in [0.1, 0.15) is 22.8 Å². The van der Waals surface area contributed by atoms with Gasteiger partial charge in [-0.25, -0.2) is 0 Å². The van der Waals surface area contributed by atoms with E-state index in [1.807, 2.05) is 66.7 Å². The summed E-state index contributed by atoms with van der Waals surface area (Å²) in [7, 11) is 0. The highest BCUT2D eigenvalue weighted by Gasteiger charge is 2.04. The summed E-state index contributed by atoms with van der Waals surface area (Å²) in [5.41, 5.74) is 4.33. The van der Waals surface area contributed by atoms with Crippen molar-refractivity contribution in [2.24, 2.45) is 0 Å². The normalized spacial score (nSPS) is 9.75. The molecule has 4 heteroatoms. The Labute approximate surface area is 164 Å². The van der Waals surface area contributed by atoms with Crippen LogP contribution in [-0.4, -0.2) is 18.4 Å². The molecule has 0 heterocycles. The second kappa shape index (κ2) is 9.20. The van der Waals surface area contributed by atoms with Gasteiger partial charge in [-0.05, 0) is 47.5 Å². The molecule has 4 nitrogen and oxygen atoms in total. The first-order valence-corrected chi connectivity index (χ1v) is 8.92. The molecule has 0 atom stereocenters. The Morgan fingerprint density at radius 2 is 1.46 bits per heavy atom. The molecule has 28 heavy (non-hydrogen) atoms. The first kappa shape index (κ1) is 18.9. The van der Waals surface area contributed by atoms with E-state index in [1.165, 1.54) is 6.92 Å². The van der Waals surface area contributed by atoms with Crippen LogP contribution in [0, 0.1) is 11.8 Å².